The molecule has 1 fully saturated rings. The van der Waals surface area contributed by atoms with Crippen LogP contribution in [0.25, 0.3) is 16.9 Å². The number of aryl methyl sites for hydroxylation is 2. The van der Waals surface area contributed by atoms with E-state index in [1.165, 1.54) is 19.3 Å². The molecule has 184 valence electrons. The highest BCUT2D eigenvalue weighted by molar-refractivity contribution is 6.00. The molecule has 2 aliphatic rings. The number of hydrogen-bond donors (Lipinski definition) is 0. The van der Waals surface area contributed by atoms with Crippen LogP contribution >= 0.6 is 0 Å². The summed E-state index contributed by atoms with van der Waals surface area (Å²) in [6.07, 6.45) is 8.49. The van der Waals surface area contributed by atoms with Crippen molar-refractivity contribution in [3.05, 3.63) is 83.6 Å². The van der Waals surface area contributed by atoms with Gasteiger partial charge in [0.25, 0.3) is 5.91 Å². The lowest BCUT2D eigenvalue weighted by Crippen LogP contribution is -2.40. The lowest BCUT2D eigenvalue weighted by molar-refractivity contribution is 0.0704. The van der Waals surface area contributed by atoms with Crippen molar-refractivity contribution in [3.8, 4) is 16.9 Å². The first-order valence-corrected chi connectivity index (χ1v) is 13.1. The first-order chi connectivity index (χ1) is 17.7. The molecule has 0 saturated carbocycles. The minimum absolute atomic E-state index is 0.0361. The lowest BCUT2D eigenvalue weighted by atomic mass is 9.96. The Labute approximate surface area is 211 Å². The molecule has 1 unspecified atom stereocenters. The number of piperidine rings is 1. The highest BCUT2D eigenvalue weighted by atomic mass is 16.2. The average molecular weight is 481 g/mol. The number of para-hydroxylation sites is 1. The number of carbonyl (C=O) groups excluding carboxylic acids is 1. The molecule has 2 aromatic carbocycles. The molecule has 1 amide bonds. The van der Waals surface area contributed by atoms with Gasteiger partial charge >= 0.3 is 0 Å². The average Bonchev–Trinajstić information content (AvgIpc) is 3.47. The van der Waals surface area contributed by atoms with Crippen molar-refractivity contribution in [3.63, 3.8) is 0 Å². The van der Waals surface area contributed by atoms with E-state index in [-0.39, 0.29) is 11.8 Å². The molecule has 2 aliphatic heterocycles. The Kier molecular flexibility index (Phi) is 6.13. The second-order valence-electron chi connectivity index (χ2n) is 10.1. The number of aromatic nitrogens is 5. The summed E-state index contributed by atoms with van der Waals surface area (Å²) in [7, 11) is 0. The number of fused-ring (bicyclic) bond motifs is 1. The van der Waals surface area contributed by atoms with Crippen LogP contribution in [0.3, 0.4) is 0 Å². The van der Waals surface area contributed by atoms with Gasteiger partial charge in [-0.1, -0.05) is 48.4 Å². The normalized spacial score (nSPS) is 18.0. The van der Waals surface area contributed by atoms with Crippen LogP contribution in [-0.2, 0) is 13.0 Å². The first kappa shape index (κ1) is 22.7. The Hall–Kier alpha value is -3.74. The van der Waals surface area contributed by atoms with Gasteiger partial charge in [-0.15, -0.1) is 10.2 Å². The zero-order chi connectivity index (χ0) is 24.5. The number of likely N-dealkylation sites (tertiary alicyclic amines) is 1. The molecule has 2 aromatic heterocycles. The summed E-state index contributed by atoms with van der Waals surface area (Å²) in [5.74, 6) is 2.42. The fourth-order valence-corrected chi connectivity index (χ4v) is 5.60. The van der Waals surface area contributed by atoms with E-state index in [0.29, 0.717) is 12.1 Å². The first-order valence-electron chi connectivity index (χ1n) is 13.1. The van der Waals surface area contributed by atoms with Gasteiger partial charge in [-0.25, -0.2) is 4.68 Å². The fraction of sp³-hybridized carbons (Fsp3) is 0.379. The van der Waals surface area contributed by atoms with Crippen LogP contribution in [-0.4, -0.2) is 48.4 Å². The van der Waals surface area contributed by atoms with E-state index < -0.39 is 0 Å². The molecule has 0 radical (unpaired) electrons. The molecule has 0 bridgehead atoms. The number of amides is 1. The highest BCUT2D eigenvalue weighted by Crippen LogP contribution is 2.31. The topological polar surface area (TPSA) is 68.8 Å². The quantitative estimate of drug-likeness (QED) is 0.403. The van der Waals surface area contributed by atoms with E-state index in [2.05, 4.69) is 33.8 Å². The van der Waals surface area contributed by atoms with Gasteiger partial charge in [0.05, 0.1) is 11.3 Å². The van der Waals surface area contributed by atoms with E-state index in [1.807, 2.05) is 58.2 Å². The Morgan fingerprint density at radius 3 is 2.69 bits per heavy atom. The summed E-state index contributed by atoms with van der Waals surface area (Å²) in [5, 5.41) is 14.0. The van der Waals surface area contributed by atoms with Crippen molar-refractivity contribution in [1.29, 1.82) is 0 Å². The van der Waals surface area contributed by atoms with Crippen LogP contribution in [0.1, 0.15) is 65.6 Å². The third-order valence-electron chi connectivity index (χ3n) is 7.47. The number of benzene rings is 2. The van der Waals surface area contributed by atoms with Gasteiger partial charge in [-0.3, -0.25) is 4.79 Å². The molecule has 4 heterocycles. The lowest BCUT2D eigenvalue weighted by Gasteiger charge is -2.32. The zero-order valence-corrected chi connectivity index (χ0v) is 20.8. The SMILES string of the molecule is Cc1cccc(-c2nn(-c3ccccc3)cc2C(=O)N2CCCC(c3nnc4n3CCCCC4)C2)c1. The van der Waals surface area contributed by atoms with Crippen molar-refractivity contribution >= 4 is 5.91 Å². The van der Waals surface area contributed by atoms with Gasteiger partial charge < -0.3 is 9.47 Å². The smallest absolute Gasteiger partial charge is 0.257 e. The standard InChI is InChI=1S/C29H32N6O/c1-21-10-8-11-22(18-21)27-25(20-35(32-27)24-13-4-2-5-14-24)29(36)33-16-9-12-23(19-33)28-31-30-26-15-6-3-7-17-34(26)28/h2,4-5,8,10-11,13-14,18,20,23H,3,6-7,9,12,15-17,19H2,1H3. The van der Waals surface area contributed by atoms with Crippen LogP contribution in [0, 0.1) is 6.92 Å². The van der Waals surface area contributed by atoms with Crippen molar-refractivity contribution in [2.45, 2.75) is 57.9 Å². The molecule has 1 saturated heterocycles. The minimum atomic E-state index is 0.0361. The second-order valence-corrected chi connectivity index (χ2v) is 10.1. The molecule has 36 heavy (non-hydrogen) atoms. The van der Waals surface area contributed by atoms with Gasteiger partial charge in [0.1, 0.15) is 17.3 Å². The maximum Gasteiger partial charge on any atom is 0.257 e. The van der Waals surface area contributed by atoms with E-state index >= 15 is 0 Å². The molecule has 4 aromatic rings. The molecule has 7 heteroatoms. The number of rotatable bonds is 4. The maximum absolute atomic E-state index is 14.0. The van der Waals surface area contributed by atoms with E-state index in [9.17, 15) is 4.79 Å². The molecular formula is C29H32N6O. The van der Waals surface area contributed by atoms with Crippen molar-refractivity contribution in [2.24, 2.45) is 0 Å². The number of nitrogens with zero attached hydrogens (tertiary/aromatic N) is 6. The van der Waals surface area contributed by atoms with Crippen LogP contribution in [0.15, 0.2) is 60.8 Å². The van der Waals surface area contributed by atoms with E-state index in [0.717, 1.165) is 66.5 Å². The van der Waals surface area contributed by atoms with Crippen molar-refractivity contribution in [2.75, 3.05) is 13.1 Å². The van der Waals surface area contributed by atoms with Gasteiger partial charge in [0.15, 0.2) is 0 Å². The molecule has 1 atom stereocenters. The molecule has 0 N–H and O–H groups in total. The monoisotopic (exact) mass is 480 g/mol. The summed E-state index contributed by atoms with van der Waals surface area (Å²) in [4.78, 5) is 16.0. The molecular weight excluding hydrogens is 448 g/mol. The number of carbonyl (C=O) groups is 1. The van der Waals surface area contributed by atoms with Crippen LogP contribution in [0.2, 0.25) is 0 Å². The maximum atomic E-state index is 14.0. The van der Waals surface area contributed by atoms with Gasteiger partial charge in [0, 0.05) is 43.7 Å². The Morgan fingerprint density at radius 1 is 0.944 bits per heavy atom. The third-order valence-corrected chi connectivity index (χ3v) is 7.47. The number of hydrogen-bond acceptors (Lipinski definition) is 4. The Balaban J connectivity index is 1.33. The molecule has 7 nitrogen and oxygen atoms in total. The Morgan fingerprint density at radius 2 is 1.83 bits per heavy atom. The third kappa shape index (κ3) is 4.34. The molecule has 0 aliphatic carbocycles. The highest BCUT2D eigenvalue weighted by Gasteiger charge is 2.32. The summed E-state index contributed by atoms with van der Waals surface area (Å²) >= 11 is 0. The largest absolute Gasteiger partial charge is 0.338 e. The van der Waals surface area contributed by atoms with Crippen molar-refractivity contribution < 1.29 is 4.79 Å². The predicted molar refractivity (Wildman–Crippen MR) is 139 cm³/mol. The van der Waals surface area contributed by atoms with Gasteiger partial charge in [0.2, 0.25) is 0 Å². The van der Waals surface area contributed by atoms with Crippen LogP contribution < -0.4 is 0 Å². The summed E-state index contributed by atoms with van der Waals surface area (Å²) in [6.45, 7) is 4.47. The molecule has 6 rings (SSSR count). The summed E-state index contributed by atoms with van der Waals surface area (Å²) < 4.78 is 4.15. The van der Waals surface area contributed by atoms with Crippen LogP contribution in [0.4, 0.5) is 0 Å². The predicted octanol–water partition coefficient (Wildman–Crippen LogP) is 5.19. The zero-order valence-electron chi connectivity index (χ0n) is 20.8. The van der Waals surface area contributed by atoms with Crippen molar-refractivity contribution in [1.82, 2.24) is 29.4 Å². The van der Waals surface area contributed by atoms with Gasteiger partial charge in [-0.05, 0) is 50.8 Å². The summed E-state index contributed by atoms with van der Waals surface area (Å²) in [6, 6.07) is 18.2. The van der Waals surface area contributed by atoms with Gasteiger partial charge in [-0.2, -0.15) is 5.10 Å². The summed E-state index contributed by atoms with van der Waals surface area (Å²) in [5.41, 5.74) is 4.42. The molecule has 0 spiro atoms. The Bertz CT molecular complexity index is 1370. The second kappa shape index (κ2) is 9.72. The van der Waals surface area contributed by atoms with E-state index in [4.69, 9.17) is 5.10 Å². The fourth-order valence-electron chi connectivity index (χ4n) is 5.60. The van der Waals surface area contributed by atoms with Crippen LogP contribution in [0.5, 0.6) is 0 Å². The van der Waals surface area contributed by atoms with E-state index in [1.54, 1.807) is 0 Å². The minimum Gasteiger partial charge on any atom is -0.338 e.